The Morgan fingerprint density at radius 3 is 2.67 bits per heavy atom. The van der Waals surface area contributed by atoms with Gasteiger partial charge in [0.1, 0.15) is 5.82 Å². The van der Waals surface area contributed by atoms with Gasteiger partial charge in [0.2, 0.25) is 0 Å². The maximum absolute atomic E-state index is 13.3. The second-order valence-corrected chi connectivity index (χ2v) is 4.70. The van der Waals surface area contributed by atoms with Crippen LogP contribution in [0.15, 0.2) is 18.2 Å². The van der Waals surface area contributed by atoms with Gasteiger partial charge in [0.15, 0.2) is 0 Å². The number of halogens is 1. The Bertz CT molecular complexity index is 342. The van der Waals surface area contributed by atoms with E-state index in [1.807, 2.05) is 0 Å². The molecule has 2 rings (SSSR count). The summed E-state index contributed by atoms with van der Waals surface area (Å²) in [5.41, 5.74) is 2.15. The lowest BCUT2D eigenvalue weighted by atomic mass is 10.0. The molecule has 0 atom stereocenters. The van der Waals surface area contributed by atoms with Crippen LogP contribution in [0, 0.1) is 5.82 Å². The summed E-state index contributed by atoms with van der Waals surface area (Å²) in [5.74, 6) is 0.272. The van der Waals surface area contributed by atoms with Gasteiger partial charge in [-0.25, -0.2) is 4.39 Å². The van der Waals surface area contributed by atoms with Crippen molar-refractivity contribution in [2.45, 2.75) is 45.2 Å². The van der Waals surface area contributed by atoms with E-state index in [1.54, 1.807) is 12.1 Å². The summed E-state index contributed by atoms with van der Waals surface area (Å²) in [6.45, 7) is 4.97. The lowest BCUT2D eigenvalue weighted by Gasteiger charge is -2.09. The first-order valence-electron chi connectivity index (χ1n) is 5.68. The van der Waals surface area contributed by atoms with Crippen LogP contribution in [0.1, 0.15) is 43.7 Å². The topological polar surface area (TPSA) is 12.0 Å². The van der Waals surface area contributed by atoms with Crippen molar-refractivity contribution >= 4 is 0 Å². The molecule has 0 aromatic heterocycles. The highest BCUT2D eigenvalue weighted by molar-refractivity contribution is 5.26. The van der Waals surface area contributed by atoms with E-state index < -0.39 is 0 Å². The molecule has 1 aromatic rings. The maximum Gasteiger partial charge on any atom is 0.123 e. The van der Waals surface area contributed by atoms with E-state index in [1.165, 1.54) is 12.8 Å². The smallest absolute Gasteiger partial charge is 0.123 e. The van der Waals surface area contributed by atoms with Gasteiger partial charge in [-0.2, -0.15) is 0 Å². The quantitative estimate of drug-likeness (QED) is 0.799. The van der Waals surface area contributed by atoms with Crippen molar-refractivity contribution in [2.75, 3.05) is 0 Å². The first kappa shape index (κ1) is 10.6. The second-order valence-electron chi connectivity index (χ2n) is 4.70. The monoisotopic (exact) mass is 207 g/mol. The molecular formula is C13H18FN. The molecule has 1 nitrogen and oxygen atoms in total. The highest BCUT2D eigenvalue weighted by atomic mass is 19.1. The van der Waals surface area contributed by atoms with Gasteiger partial charge in [-0.15, -0.1) is 0 Å². The molecule has 82 valence electrons. The number of rotatable bonds is 4. The van der Waals surface area contributed by atoms with E-state index in [9.17, 15) is 4.39 Å². The Morgan fingerprint density at radius 1 is 1.33 bits per heavy atom. The Morgan fingerprint density at radius 2 is 2.07 bits per heavy atom. The van der Waals surface area contributed by atoms with Crippen molar-refractivity contribution < 1.29 is 4.39 Å². The van der Waals surface area contributed by atoms with Gasteiger partial charge in [0.25, 0.3) is 0 Å². The molecule has 1 aliphatic carbocycles. The Balaban J connectivity index is 2.07. The van der Waals surface area contributed by atoms with Gasteiger partial charge in [-0.1, -0.05) is 19.9 Å². The van der Waals surface area contributed by atoms with Gasteiger partial charge >= 0.3 is 0 Å². The fourth-order valence-corrected chi connectivity index (χ4v) is 1.66. The Hall–Kier alpha value is -0.890. The first-order chi connectivity index (χ1) is 7.15. The third kappa shape index (κ3) is 3.03. The molecule has 0 heterocycles. The van der Waals surface area contributed by atoms with Crippen LogP contribution in [0.4, 0.5) is 4.39 Å². The minimum atomic E-state index is -0.117. The maximum atomic E-state index is 13.3. The van der Waals surface area contributed by atoms with Gasteiger partial charge in [-0.05, 0) is 42.0 Å². The van der Waals surface area contributed by atoms with Crippen molar-refractivity contribution in [3.63, 3.8) is 0 Å². The third-order valence-electron chi connectivity index (χ3n) is 2.82. The third-order valence-corrected chi connectivity index (χ3v) is 2.82. The van der Waals surface area contributed by atoms with Crippen LogP contribution < -0.4 is 5.32 Å². The van der Waals surface area contributed by atoms with Crippen molar-refractivity contribution in [3.8, 4) is 0 Å². The van der Waals surface area contributed by atoms with Gasteiger partial charge in [0, 0.05) is 12.6 Å². The zero-order valence-corrected chi connectivity index (χ0v) is 9.39. The van der Waals surface area contributed by atoms with E-state index in [-0.39, 0.29) is 5.82 Å². The molecule has 0 bridgehead atoms. The number of hydrogen-bond acceptors (Lipinski definition) is 1. The number of nitrogens with one attached hydrogen (secondary N) is 1. The number of hydrogen-bond donors (Lipinski definition) is 1. The van der Waals surface area contributed by atoms with Gasteiger partial charge < -0.3 is 5.32 Å². The van der Waals surface area contributed by atoms with E-state index in [0.717, 1.165) is 17.7 Å². The zero-order valence-electron chi connectivity index (χ0n) is 9.39. The van der Waals surface area contributed by atoms with Crippen molar-refractivity contribution in [2.24, 2.45) is 0 Å². The molecule has 1 aliphatic rings. The lowest BCUT2D eigenvalue weighted by Crippen LogP contribution is -2.15. The fraction of sp³-hybridized carbons (Fsp3) is 0.538. The Kier molecular flexibility index (Phi) is 3.06. The van der Waals surface area contributed by atoms with Crippen molar-refractivity contribution in [1.29, 1.82) is 0 Å². The second kappa shape index (κ2) is 4.31. The molecular weight excluding hydrogens is 189 g/mol. The van der Waals surface area contributed by atoms with Crippen LogP contribution >= 0.6 is 0 Å². The van der Waals surface area contributed by atoms with E-state index in [0.29, 0.717) is 12.0 Å². The van der Waals surface area contributed by atoms with Gasteiger partial charge in [-0.3, -0.25) is 0 Å². The van der Waals surface area contributed by atoms with E-state index in [2.05, 4.69) is 25.2 Å². The molecule has 1 aromatic carbocycles. The highest BCUT2D eigenvalue weighted by Gasteiger charge is 2.20. The molecule has 0 spiro atoms. The molecule has 0 saturated heterocycles. The summed E-state index contributed by atoms with van der Waals surface area (Å²) >= 11 is 0. The molecule has 0 radical (unpaired) electrons. The summed E-state index contributed by atoms with van der Waals surface area (Å²) in [6, 6.07) is 6.03. The molecule has 0 unspecified atom stereocenters. The normalized spacial score (nSPS) is 16.0. The van der Waals surface area contributed by atoms with Crippen LogP contribution in [0.2, 0.25) is 0 Å². The molecule has 0 aliphatic heterocycles. The summed E-state index contributed by atoms with van der Waals surface area (Å²) in [4.78, 5) is 0. The molecule has 1 N–H and O–H groups in total. The van der Waals surface area contributed by atoms with Crippen molar-refractivity contribution in [1.82, 2.24) is 5.32 Å². The van der Waals surface area contributed by atoms with Crippen LogP contribution in [-0.2, 0) is 6.54 Å². The highest BCUT2D eigenvalue weighted by Crippen LogP contribution is 2.21. The van der Waals surface area contributed by atoms with Crippen LogP contribution in [0.5, 0.6) is 0 Å². The van der Waals surface area contributed by atoms with E-state index >= 15 is 0 Å². The summed E-state index contributed by atoms with van der Waals surface area (Å²) in [7, 11) is 0. The summed E-state index contributed by atoms with van der Waals surface area (Å²) in [6.07, 6.45) is 2.54. The summed E-state index contributed by atoms with van der Waals surface area (Å²) in [5, 5.41) is 3.40. The molecule has 0 amide bonds. The van der Waals surface area contributed by atoms with Gasteiger partial charge in [0.05, 0.1) is 0 Å². The molecule has 15 heavy (non-hydrogen) atoms. The molecule has 2 heteroatoms. The first-order valence-corrected chi connectivity index (χ1v) is 5.68. The lowest BCUT2D eigenvalue weighted by molar-refractivity contribution is 0.614. The van der Waals surface area contributed by atoms with Crippen LogP contribution in [-0.4, -0.2) is 6.04 Å². The van der Waals surface area contributed by atoms with Crippen LogP contribution in [0.25, 0.3) is 0 Å². The summed E-state index contributed by atoms with van der Waals surface area (Å²) < 4.78 is 13.3. The predicted octanol–water partition coefficient (Wildman–Crippen LogP) is 3.20. The minimum Gasteiger partial charge on any atom is -0.310 e. The number of benzene rings is 1. The average molecular weight is 207 g/mol. The molecule has 1 saturated carbocycles. The molecule has 1 fully saturated rings. The standard InChI is InChI=1S/C13H18FN/c1-9(2)11-5-10(6-12(14)7-11)8-15-13-3-4-13/h5-7,9,13,15H,3-4,8H2,1-2H3. The van der Waals surface area contributed by atoms with E-state index in [4.69, 9.17) is 0 Å². The zero-order chi connectivity index (χ0) is 10.8. The average Bonchev–Trinajstić information content (AvgIpc) is 2.97. The minimum absolute atomic E-state index is 0.117. The SMILES string of the molecule is CC(C)c1cc(F)cc(CNC2CC2)c1. The van der Waals surface area contributed by atoms with Crippen LogP contribution in [0.3, 0.4) is 0 Å². The van der Waals surface area contributed by atoms with Crippen molar-refractivity contribution in [3.05, 3.63) is 35.1 Å². The predicted molar refractivity (Wildman–Crippen MR) is 60.4 cm³/mol. The largest absolute Gasteiger partial charge is 0.310 e. The fourth-order valence-electron chi connectivity index (χ4n) is 1.66. The Labute approximate surface area is 90.7 Å².